The summed E-state index contributed by atoms with van der Waals surface area (Å²) in [5.74, 6) is 1.17. The van der Waals surface area contributed by atoms with Crippen LogP contribution in [0.15, 0.2) is 12.1 Å². The summed E-state index contributed by atoms with van der Waals surface area (Å²) in [5, 5.41) is 2.88. The highest BCUT2D eigenvalue weighted by atomic mass is 16.5. The summed E-state index contributed by atoms with van der Waals surface area (Å²) in [6, 6.07) is 3.60. The monoisotopic (exact) mass is 251 g/mol. The highest BCUT2D eigenvalue weighted by Crippen LogP contribution is 2.30. The number of carbonyl (C=O) groups excluding carboxylic acids is 1. The molecule has 0 saturated heterocycles. The fraction of sp³-hybridized carbons (Fsp3) is 0.500. The Balaban J connectivity index is 3.12. The highest BCUT2D eigenvalue weighted by Gasteiger charge is 2.15. The molecule has 1 rings (SSSR count). The zero-order chi connectivity index (χ0) is 13.5. The van der Waals surface area contributed by atoms with E-state index in [-0.39, 0.29) is 5.91 Å². The van der Waals surface area contributed by atoms with E-state index in [9.17, 15) is 4.79 Å². The fourth-order valence-corrected chi connectivity index (χ4v) is 1.76. The molecule has 1 N–H and O–H groups in total. The van der Waals surface area contributed by atoms with Crippen molar-refractivity contribution in [2.75, 3.05) is 20.8 Å². The number of rotatable bonds is 6. The average Bonchev–Trinajstić information content (AvgIpc) is 2.42. The van der Waals surface area contributed by atoms with Crippen LogP contribution >= 0.6 is 0 Å². The van der Waals surface area contributed by atoms with Gasteiger partial charge in [0.25, 0.3) is 5.91 Å². The number of hydrogen-bond donors (Lipinski definition) is 1. The van der Waals surface area contributed by atoms with Crippen molar-refractivity contribution in [3.05, 3.63) is 23.3 Å². The van der Waals surface area contributed by atoms with Gasteiger partial charge in [-0.1, -0.05) is 13.8 Å². The van der Waals surface area contributed by atoms with Crippen LogP contribution in [-0.4, -0.2) is 26.7 Å². The van der Waals surface area contributed by atoms with Gasteiger partial charge in [0.1, 0.15) is 0 Å². The maximum Gasteiger partial charge on any atom is 0.251 e. The van der Waals surface area contributed by atoms with Gasteiger partial charge < -0.3 is 14.8 Å². The summed E-state index contributed by atoms with van der Waals surface area (Å²) in [7, 11) is 3.16. The molecule has 0 saturated carbocycles. The van der Waals surface area contributed by atoms with E-state index >= 15 is 0 Å². The molecule has 18 heavy (non-hydrogen) atoms. The van der Waals surface area contributed by atoms with Crippen molar-refractivity contribution in [3.8, 4) is 11.5 Å². The van der Waals surface area contributed by atoms with Crippen molar-refractivity contribution in [2.45, 2.75) is 26.7 Å². The number of nitrogens with one attached hydrogen (secondary N) is 1. The standard InChI is InChI=1S/C14H21NO3/c1-5-7-15-14(16)11-9-13(18-4)12(17-3)8-10(11)6-2/h8-9H,5-7H2,1-4H3,(H,15,16). The molecular weight excluding hydrogens is 230 g/mol. The number of carbonyl (C=O) groups is 1. The maximum absolute atomic E-state index is 12.0. The van der Waals surface area contributed by atoms with E-state index in [0.29, 0.717) is 23.6 Å². The van der Waals surface area contributed by atoms with Crippen LogP contribution in [0.1, 0.15) is 36.2 Å². The Morgan fingerprint density at radius 1 is 1.17 bits per heavy atom. The van der Waals surface area contributed by atoms with Gasteiger partial charge in [0.05, 0.1) is 14.2 Å². The summed E-state index contributed by atoms with van der Waals surface area (Å²) in [4.78, 5) is 12.0. The van der Waals surface area contributed by atoms with Gasteiger partial charge in [0, 0.05) is 12.1 Å². The van der Waals surface area contributed by atoms with E-state index in [0.717, 1.165) is 18.4 Å². The largest absolute Gasteiger partial charge is 0.493 e. The van der Waals surface area contributed by atoms with E-state index in [1.54, 1.807) is 20.3 Å². The molecule has 4 nitrogen and oxygen atoms in total. The molecule has 0 fully saturated rings. The fourth-order valence-electron chi connectivity index (χ4n) is 1.76. The van der Waals surface area contributed by atoms with Crippen LogP contribution in [0.4, 0.5) is 0 Å². The Labute approximate surface area is 108 Å². The predicted octanol–water partition coefficient (Wildman–Crippen LogP) is 2.41. The van der Waals surface area contributed by atoms with Crippen LogP contribution in [0.2, 0.25) is 0 Å². The molecule has 0 aliphatic carbocycles. The van der Waals surface area contributed by atoms with Crippen LogP contribution in [0, 0.1) is 0 Å². The van der Waals surface area contributed by atoms with Gasteiger partial charge in [-0.05, 0) is 30.5 Å². The highest BCUT2D eigenvalue weighted by molar-refractivity contribution is 5.96. The second-order valence-electron chi connectivity index (χ2n) is 3.97. The minimum atomic E-state index is -0.0605. The average molecular weight is 251 g/mol. The van der Waals surface area contributed by atoms with Gasteiger partial charge in [0.15, 0.2) is 11.5 Å². The van der Waals surface area contributed by atoms with E-state index in [1.165, 1.54) is 0 Å². The zero-order valence-corrected chi connectivity index (χ0v) is 11.5. The Kier molecular flexibility index (Phi) is 5.49. The first-order valence-electron chi connectivity index (χ1n) is 6.20. The van der Waals surface area contributed by atoms with Crippen LogP contribution in [0.25, 0.3) is 0 Å². The van der Waals surface area contributed by atoms with Crippen LogP contribution in [0.5, 0.6) is 11.5 Å². The Bertz CT molecular complexity index is 416. The molecular formula is C14H21NO3. The van der Waals surface area contributed by atoms with Gasteiger partial charge in [-0.25, -0.2) is 0 Å². The van der Waals surface area contributed by atoms with E-state index in [4.69, 9.17) is 9.47 Å². The lowest BCUT2D eigenvalue weighted by Crippen LogP contribution is -2.25. The quantitative estimate of drug-likeness (QED) is 0.844. The van der Waals surface area contributed by atoms with Gasteiger partial charge in [-0.15, -0.1) is 0 Å². The third kappa shape index (κ3) is 3.15. The predicted molar refractivity (Wildman–Crippen MR) is 71.5 cm³/mol. The van der Waals surface area contributed by atoms with Gasteiger partial charge in [0.2, 0.25) is 0 Å². The van der Waals surface area contributed by atoms with Gasteiger partial charge in [-0.3, -0.25) is 4.79 Å². The molecule has 0 spiro atoms. The minimum Gasteiger partial charge on any atom is -0.493 e. The van der Waals surface area contributed by atoms with Crippen LogP contribution in [-0.2, 0) is 6.42 Å². The lowest BCUT2D eigenvalue weighted by atomic mass is 10.0. The molecule has 4 heteroatoms. The minimum absolute atomic E-state index is 0.0605. The first-order chi connectivity index (χ1) is 8.67. The van der Waals surface area contributed by atoms with Crippen molar-refractivity contribution in [3.63, 3.8) is 0 Å². The number of amides is 1. The number of aryl methyl sites for hydroxylation is 1. The summed E-state index contributed by atoms with van der Waals surface area (Å²) in [6.07, 6.45) is 1.69. The van der Waals surface area contributed by atoms with Crippen LogP contribution in [0.3, 0.4) is 0 Å². The van der Waals surface area contributed by atoms with Crippen molar-refractivity contribution < 1.29 is 14.3 Å². The van der Waals surface area contributed by atoms with E-state index in [2.05, 4.69) is 5.32 Å². The van der Waals surface area contributed by atoms with E-state index < -0.39 is 0 Å². The summed E-state index contributed by atoms with van der Waals surface area (Å²) in [5.41, 5.74) is 1.62. The van der Waals surface area contributed by atoms with Crippen molar-refractivity contribution in [1.82, 2.24) is 5.32 Å². The second-order valence-corrected chi connectivity index (χ2v) is 3.97. The smallest absolute Gasteiger partial charge is 0.251 e. The molecule has 100 valence electrons. The van der Waals surface area contributed by atoms with Gasteiger partial charge >= 0.3 is 0 Å². The normalized spacial score (nSPS) is 10.0. The first-order valence-corrected chi connectivity index (χ1v) is 6.20. The number of benzene rings is 1. The van der Waals surface area contributed by atoms with Crippen molar-refractivity contribution in [2.24, 2.45) is 0 Å². The van der Waals surface area contributed by atoms with Crippen LogP contribution < -0.4 is 14.8 Å². The summed E-state index contributed by atoms with van der Waals surface area (Å²) in [6.45, 7) is 4.71. The lowest BCUT2D eigenvalue weighted by Gasteiger charge is -2.13. The zero-order valence-electron chi connectivity index (χ0n) is 11.5. The number of ether oxygens (including phenoxy) is 2. The summed E-state index contributed by atoms with van der Waals surface area (Å²) >= 11 is 0. The van der Waals surface area contributed by atoms with Crippen molar-refractivity contribution in [1.29, 1.82) is 0 Å². The number of methoxy groups -OCH3 is 2. The lowest BCUT2D eigenvalue weighted by molar-refractivity contribution is 0.0952. The Morgan fingerprint density at radius 2 is 1.78 bits per heavy atom. The summed E-state index contributed by atoms with van der Waals surface area (Å²) < 4.78 is 10.5. The topological polar surface area (TPSA) is 47.6 Å². The number of hydrogen-bond acceptors (Lipinski definition) is 3. The third-order valence-electron chi connectivity index (χ3n) is 2.77. The molecule has 1 aromatic rings. The molecule has 0 atom stereocenters. The SMILES string of the molecule is CCCNC(=O)c1cc(OC)c(OC)cc1CC. The maximum atomic E-state index is 12.0. The first kappa shape index (κ1) is 14.4. The molecule has 0 bridgehead atoms. The van der Waals surface area contributed by atoms with Crippen molar-refractivity contribution >= 4 is 5.91 Å². The molecule has 1 aromatic carbocycles. The van der Waals surface area contributed by atoms with Gasteiger partial charge in [-0.2, -0.15) is 0 Å². The molecule has 0 aromatic heterocycles. The molecule has 1 amide bonds. The Hall–Kier alpha value is -1.71. The Morgan fingerprint density at radius 3 is 2.28 bits per heavy atom. The second kappa shape index (κ2) is 6.89. The van der Waals surface area contributed by atoms with E-state index in [1.807, 2.05) is 19.9 Å². The molecule has 0 radical (unpaired) electrons. The molecule has 0 heterocycles. The molecule has 0 aliphatic heterocycles. The molecule has 0 unspecified atom stereocenters. The molecule has 0 aliphatic rings. The third-order valence-corrected chi connectivity index (χ3v) is 2.77.